The highest BCUT2D eigenvalue weighted by molar-refractivity contribution is 9.10. The lowest BCUT2D eigenvalue weighted by Gasteiger charge is -2.26. The van der Waals surface area contributed by atoms with Crippen LogP contribution in [0.4, 0.5) is 0 Å². The first-order valence-corrected chi connectivity index (χ1v) is 7.86. The molecular formula is C14H18BrClN2O2. The maximum absolute atomic E-state index is 11.8. The maximum Gasteiger partial charge on any atom is 0.272 e. The Bertz CT molecular complexity index is 467. The molecular weight excluding hydrogens is 344 g/mol. The summed E-state index contributed by atoms with van der Waals surface area (Å²) in [6.07, 6.45) is 3.48. The van der Waals surface area contributed by atoms with Crippen molar-refractivity contribution >= 4 is 33.4 Å². The summed E-state index contributed by atoms with van der Waals surface area (Å²) < 4.78 is 6.43. The summed E-state index contributed by atoms with van der Waals surface area (Å²) in [6, 6.07) is 3.66. The van der Waals surface area contributed by atoms with Crippen molar-refractivity contribution in [3.63, 3.8) is 0 Å². The van der Waals surface area contributed by atoms with Gasteiger partial charge in [0.15, 0.2) is 6.61 Å². The van der Waals surface area contributed by atoms with E-state index < -0.39 is 0 Å². The van der Waals surface area contributed by atoms with Gasteiger partial charge in [-0.25, -0.2) is 5.01 Å². The van der Waals surface area contributed by atoms with E-state index in [0.717, 1.165) is 36.0 Å². The topological polar surface area (TPSA) is 41.6 Å². The number of carbonyl (C=O) groups excluding carboxylic acids is 1. The molecule has 1 fully saturated rings. The van der Waals surface area contributed by atoms with Crippen LogP contribution in [0, 0.1) is 6.92 Å². The van der Waals surface area contributed by atoms with Gasteiger partial charge in [-0.15, -0.1) is 0 Å². The zero-order valence-electron chi connectivity index (χ0n) is 11.4. The highest BCUT2D eigenvalue weighted by atomic mass is 79.9. The smallest absolute Gasteiger partial charge is 0.272 e. The molecule has 1 aliphatic heterocycles. The molecule has 0 radical (unpaired) electrons. The fourth-order valence-corrected chi connectivity index (χ4v) is 3.25. The Morgan fingerprint density at radius 1 is 1.40 bits per heavy atom. The van der Waals surface area contributed by atoms with Crippen molar-refractivity contribution in [2.45, 2.75) is 26.2 Å². The molecule has 20 heavy (non-hydrogen) atoms. The van der Waals surface area contributed by atoms with Gasteiger partial charge in [0.2, 0.25) is 0 Å². The van der Waals surface area contributed by atoms with Gasteiger partial charge in [0, 0.05) is 17.6 Å². The third-order valence-electron chi connectivity index (χ3n) is 3.18. The summed E-state index contributed by atoms with van der Waals surface area (Å²) in [4.78, 5) is 11.8. The van der Waals surface area contributed by atoms with Crippen LogP contribution in [0.1, 0.15) is 24.8 Å². The number of hydrazine groups is 1. The number of rotatable bonds is 4. The van der Waals surface area contributed by atoms with Gasteiger partial charge in [-0.05, 0) is 37.5 Å². The average Bonchev–Trinajstić information content (AvgIpc) is 2.38. The number of hydrogen-bond donors (Lipinski definition) is 1. The number of halogens is 2. The summed E-state index contributed by atoms with van der Waals surface area (Å²) in [5.41, 5.74) is 3.75. The molecule has 1 N–H and O–H groups in total. The molecule has 1 aliphatic rings. The maximum atomic E-state index is 11.8. The van der Waals surface area contributed by atoms with Crippen molar-refractivity contribution in [1.82, 2.24) is 10.4 Å². The average molecular weight is 362 g/mol. The molecule has 0 saturated carbocycles. The Labute approximate surface area is 132 Å². The summed E-state index contributed by atoms with van der Waals surface area (Å²) in [7, 11) is 0. The fourth-order valence-electron chi connectivity index (χ4n) is 2.22. The number of nitrogens with zero attached hydrogens (tertiary/aromatic N) is 1. The molecule has 0 bridgehead atoms. The van der Waals surface area contributed by atoms with Crippen molar-refractivity contribution in [3.05, 3.63) is 27.2 Å². The molecule has 1 aromatic rings. The van der Waals surface area contributed by atoms with Crippen LogP contribution >= 0.6 is 27.5 Å². The number of piperidine rings is 1. The van der Waals surface area contributed by atoms with Crippen LogP contribution in [0.3, 0.4) is 0 Å². The van der Waals surface area contributed by atoms with Gasteiger partial charge in [-0.2, -0.15) is 0 Å². The zero-order chi connectivity index (χ0) is 14.5. The molecule has 0 aliphatic carbocycles. The molecule has 4 nitrogen and oxygen atoms in total. The van der Waals surface area contributed by atoms with Gasteiger partial charge in [0.25, 0.3) is 5.91 Å². The normalized spacial score (nSPS) is 15.9. The number of ether oxygens (including phenoxy) is 1. The number of aryl methyl sites for hydroxylation is 1. The van der Waals surface area contributed by atoms with Crippen LogP contribution in [0.15, 0.2) is 16.6 Å². The molecule has 110 valence electrons. The minimum atomic E-state index is -0.148. The molecule has 1 heterocycles. The predicted molar refractivity (Wildman–Crippen MR) is 83.0 cm³/mol. The monoisotopic (exact) mass is 360 g/mol. The zero-order valence-corrected chi connectivity index (χ0v) is 13.8. The fraction of sp³-hybridized carbons (Fsp3) is 0.500. The minimum Gasteiger partial charge on any atom is -0.482 e. The first-order chi connectivity index (χ1) is 9.56. The van der Waals surface area contributed by atoms with Crippen LogP contribution < -0.4 is 10.2 Å². The highest BCUT2D eigenvalue weighted by Crippen LogP contribution is 2.31. The van der Waals surface area contributed by atoms with E-state index in [0.29, 0.717) is 10.8 Å². The van der Waals surface area contributed by atoms with Crippen LogP contribution in [0.25, 0.3) is 0 Å². The number of hydrogen-bond acceptors (Lipinski definition) is 3. The summed E-state index contributed by atoms with van der Waals surface area (Å²) >= 11 is 9.48. The number of carbonyl (C=O) groups is 1. The summed E-state index contributed by atoms with van der Waals surface area (Å²) in [5.74, 6) is 0.411. The molecule has 1 saturated heterocycles. The Morgan fingerprint density at radius 2 is 2.10 bits per heavy atom. The highest BCUT2D eigenvalue weighted by Gasteiger charge is 2.14. The van der Waals surface area contributed by atoms with E-state index in [1.165, 1.54) is 6.42 Å². The standard InChI is InChI=1S/C14H18BrClN2O2/c1-10-7-11(15)8-12(16)14(10)20-9-13(19)17-18-5-3-2-4-6-18/h7-8H,2-6,9H2,1H3,(H,17,19). The summed E-state index contributed by atoms with van der Waals surface area (Å²) in [5, 5.41) is 2.45. The van der Waals surface area contributed by atoms with Crippen molar-refractivity contribution in [3.8, 4) is 5.75 Å². The lowest BCUT2D eigenvalue weighted by atomic mass is 10.2. The van der Waals surface area contributed by atoms with Crippen LogP contribution in [-0.4, -0.2) is 30.6 Å². The molecule has 6 heteroatoms. The van der Waals surface area contributed by atoms with E-state index in [9.17, 15) is 4.79 Å². The number of nitrogens with one attached hydrogen (secondary N) is 1. The van der Waals surface area contributed by atoms with Gasteiger partial charge in [-0.1, -0.05) is 34.0 Å². The van der Waals surface area contributed by atoms with E-state index >= 15 is 0 Å². The van der Waals surface area contributed by atoms with Gasteiger partial charge in [0.1, 0.15) is 5.75 Å². The van der Waals surface area contributed by atoms with Crippen molar-refractivity contribution in [2.24, 2.45) is 0 Å². The molecule has 0 spiro atoms. The Balaban J connectivity index is 1.87. The molecule has 0 aromatic heterocycles. The first-order valence-electron chi connectivity index (χ1n) is 6.69. The number of benzene rings is 1. The second-order valence-corrected chi connectivity index (χ2v) is 6.23. The van der Waals surface area contributed by atoms with Gasteiger partial charge >= 0.3 is 0 Å². The van der Waals surface area contributed by atoms with E-state index in [1.807, 2.05) is 18.0 Å². The van der Waals surface area contributed by atoms with E-state index in [-0.39, 0.29) is 12.5 Å². The lowest BCUT2D eigenvalue weighted by Crippen LogP contribution is -2.46. The SMILES string of the molecule is Cc1cc(Br)cc(Cl)c1OCC(=O)NN1CCCCC1. The molecule has 2 rings (SSSR count). The van der Waals surface area contributed by atoms with Crippen LogP contribution in [0.2, 0.25) is 5.02 Å². The van der Waals surface area contributed by atoms with Crippen molar-refractivity contribution in [2.75, 3.05) is 19.7 Å². The Morgan fingerprint density at radius 3 is 2.75 bits per heavy atom. The van der Waals surface area contributed by atoms with Crippen molar-refractivity contribution < 1.29 is 9.53 Å². The Kier molecular flexibility index (Phi) is 5.69. The van der Waals surface area contributed by atoms with E-state index in [2.05, 4.69) is 21.4 Å². The van der Waals surface area contributed by atoms with Crippen LogP contribution in [0.5, 0.6) is 5.75 Å². The molecule has 1 amide bonds. The third-order valence-corrected chi connectivity index (χ3v) is 3.92. The minimum absolute atomic E-state index is 0.0291. The number of amides is 1. The molecule has 0 atom stereocenters. The van der Waals surface area contributed by atoms with Gasteiger partial charge in [0.05, 0.1) is 5.02 Å². The summed E-state index contributed by atoms with van der Waals surface area (Å²) in [6.45, 7) is 3.68. The van der Waals surface area contributed by atoms with Crippen molar-refractivity contribution in [1.29, 1.82) is 0 Å². The van der Waals surface area contributed by atoms with E-state index in [4.69, 9.17) is 16.3 Å². The molecule has 0 unspecified atom stereocenters. The lowest BCUT2D eigenvalue weighted by molar-refractivity contribution is -0.128. The van der Waals surface area contributed by atoms with Crippen LogP contribution in [-0.2, 0) is 4.79 Å². The first kappa shape index (κ1) is 15.6. The largest absolute Gasteiger partial charge is 0.482 e. The van der Waals surface area contributed by atoms with Gasteiger partial charge < -0.3 is 4.74 Å². The third kappa shape index (κ3) is 4.36. The Hall–Kier alpha value is -0.780. The second-order valence-electron chi connectivity index (χ2n) is 4.90. The predicted octanol–water partition coefficient (Wildman–Crippen LogP) is 3.31. The van der Waals surface area contributed by atoms with Gasteiger partial charge in [-0.3, -0.25) is 10.2 Å². The molecule has 1 aromatic carbocycles. The van der Waals surface area contributed by atoms with E-state index in [1.54, 1.807) is 6.07 Å². The second kappa shape index (κ2) is 7.29. The quantitative estimate of drug-likeness (QED) is 0.894.